The molecule has 0 radical (unpaired) electrons. The molecule has 0 unspecified atom stereocenters. The fourth-order valence-electron chi connectivity index (χ4n) is 4.58. The number of imidazole rings is 1. The molecule has 6 rings (SSSR count). The Hall–Kier alpha value is -4.09. The molecule has 2 heterocycles. The third-order valence-corrected chi connectivity index (χ3v) is 7.99. The van der Waals surface area contributed by atoms with Gasteiger partial charge in [-0.1, -0.05) is 52.3 Å². The van der Waals surface area contributed by atoms with Gasteiger partial charge in [0.2, 0.25) is 5.88 Å². The number of hydrogen-bond acceptors (Lipinski definition) is 4. The van der Waals surface area contributed by atoms with E-state index in [-0.39, 0.29) is 22.3 Å². The van der Waals surface area contributed by atoms with Crippen LogP contribution in [-0.2, 0) is 19.6 Å². The summed E-state index contributed by atoms with van der Waals surface area (Å²) in [6, 6.07) is 24.4. The Bertz CT molecular complexity index is 1740. The molecular weight excluding hydrogens is 562 g/mol. The first-order valence-corrected chi connectivity index (χ1v) is 13.4. The number of fused-ring (bicyclic) bond motifs is 1. The molecule has 39 heavy (non-hydrogen) atoms. The molecule has 3 aromatic carbocycles. The molecule has 0 N–H and O–H groups in total. The standard InChI is InChI=1S/C31H23BrF2N4O/c32-31(12-13-31)19-38-28-6-2-1-4-27(28)36-29(38)16-21-10-11-22(15-25(21)34)26-5-3-7-30(37-26)39-18-23-9-8-20(17-35)14-24(23)33/h1-11,14-15H,12-13,16,18-19H2. The van der Waals surface area contributed by atoms with Gasteiger partial charge in [-0.25, -0.2) is 18.7 Å². The van der Waals surface area contributed by atoms with E-state index < -0.39 is 5.82 Å². The molecule has 0 saturated heterocycles. The van der Waals surface area contributed by atoms with Gasteiger partial charge in [0, 0.05) is 34.5 Å². The zero-order valence-electron chi connectivity index (χ0n) is 20.9. The van der Waals surface area contributed by atoms with Gasteiger partial charge in [-0.05, 0) is 54.8 Å². The van der Waals surface area contributed by atoms with Crippen molar-refractivity contribution in [1.82, 2.24) is 14.5 Å². The summed E-state index contributed by atoms with van der Waals surface area (Å²) in [5.74, 6) is 0.272. The number of nitrogens with zero attached hydrogens (tertiary/aromatic N) is 4. The van der Waals surface area contributed by atoms with Gasteiger partial charge in [-0.2, -0.15) is 5.26 Å². The summed E-state index contributed by atoms with van der Waals surface area (Å²) in [5, 5.41) is 8.90. The van der Waals surface area contributed by atoms with Crippen molar-refractivity contribution in [1.29, 1.82) is 5.26 Å². The molecule has 0 spiro atoms. The number of pyridine rings is 1. The maximum absolute atomic E-state index is 15.4. The van der Waals surface area contributed by atoms with Crippen molar-refractivity contribution < 1.29 is 13.5 Å². The van der Waals surface area contributed by atoms with Gasteiger partial charge in [0.25, 0.3) is 0 Å². The van der Waals surface area contributed by atoms with Crippen molar-refractivity contribution in [3.63, 3.8) is 0 Å². The number of alkyl halides is 1. The maximum Gasteiger partial charge on any atom is 0.214 e. The topological polar surface area (TPSA) is 63.7 Å². The minimum absolute atomic E-state index is 0.0437. The Labute approximate surface area is 232 Å². The number of ether oxygens (including phenoxy) is 1. The fourth-order valence-corrected chi connectivity index (χ4v) is 5.02. The first-order chi connectivity index (χ1) is 18.9. The van der Waals surface area contributed by atoms with E-state index in [1.165, 1.54) is 24.3 Å². The van der Waals surface area contributed by atoms with Crippen LogP contribution in [0.5, 0.6) is 5.88 Å². The van der Waals surface area contributed by atoms with Gasteiger partial charge >= 0.3 is 0 Å². The highest BCUT2D eigenvalue weighted by atomic mass is 79.9. The molecule has 1 fully saturated rings. The Morgan fingerprint density at radius 2 is 1.72 bits per heavy atom. The van der Waals surface area contributed by atoms with Crippen LogP contribution in [0.2, 0.25) is 0 Å². The first kappa shape index (κ1) is 25.2. The quantitative estimate of drug-likeness (QED) is 0.179. The molecule has 0 aliphatic heterocycles. The molecule has 0 atom stereocenters. The van der Waals surface area contributed by atoms with Crippen LogP contribution in [0, 0.1) is 23.0 Å². The van der Waals surface area contributed by atoms with Crippen LogP contribution < -0.4 is 4.74 Å². The third kappa shape index (κ3) is 5.41. The van der Waals surface area contributed by atoms with E-state index in [0.29, 0.717) is 34.7 Å². The average molecular weight is 585 g/mol. The van der Waals surface area contributed by atoms with E-state index in [0.717, 1.165) is 36.2 Å². The molecule has 8 heteroatoms. The second kappa shape index (κ2) is 10.2. The number of halogens is 3. The highest BCUT2D eigenvalue weighted by Gasteiger charge is 2.40. The minimum atomic E-state index is -0.514. The van der Waals surface area contributed by atoms with E-state index >= 15 is 4.39 Å². The molecule has 1 saturated carbocycles. The van der Waals surface area contributed by atoms with Gasteiger partial charge in [0.15, 0.2) is 0 Å². The van der Waals surface area contributed by atoms with Crippen molar-refractivity contribution in [3.8, 4) is 23.2 Å². The molecule has 1 aliphatic carbocycles. The Balaban J connectivity index is 1.21. The minimum Gasteiger partial charge on any atom is -0.473 e. The molecular formula is C31H23BrF2N4O. The van der Waals surface area contributed by atoms with Gasteiger partial charge in [-0.15, -0.1) is 0 Å². The SMILES string of the molecule is N#Cc1ccc(COc2cccc(-c3ccc(Cc4nc5ccccc5n4CC4(Br)CC4)c(F)c3)n2)c(F)c1. The molecule has 0 amide bonds. The predicted molar refractivity (Wildman–Crippen MR) is 149 cm³/mol. The number of benzene rings is 3. The summed E-state index contributed by atoms with van der Waals surface area (Å²) < 4.78 is 37.5. The Kier molecular flexibility index (Phi) is 6.61. The van der Waals surface area contributed by atoms with E-state index in [9.17, 15) is 4.39 Å². The largest absolute Gasteiger partial charge is 0.473 e. The summed E-state index contributed by atoms with van der Waals surface area (Å²) in [6.07, 6.45) is 2.59. The fraction of sp³-hybridized carbons (Fsp3) is 0.194. The lowest BCUT2D eigenvalue weighted by molar-refractivity contribution is 0.288. The van der Waals surface area contributed by atoms with E-state index in [2.05, 4.69) is 31.5 Å². The lowest BCUT2D eigenvalue weighted by Gasteiger charge is -2.13. The smallest absolute Gasteiger partial charge is 0.214 e. The lowest BCUT2D eigenvalue weighted by atomic mass is 10.1. The van der Waals surface area contributed by atoms with Crippen LogP contribution in [0.15, 0.2) is 78.9 Å². The van der Waals surface area contributed by atoms with Gasteiger partial charge in [0.05, 0.1) is 28.4 Å². The van der Waals surface area contributed by atoms with Crippen molar-refractivity contribution in [3.05, 3.63) is 113 Å². The van der Waals surface area contributed by atoms with Crippen LogP contribution in [0.1, 0.15) is 35.4 Å². The summed E-state index contributed by atoms with van der Waals surface area (Å²) >= 11 is 3.84. The van der Waals surface area contributed by atoms with E-state index in [4.69, 9.17) is 15.0 Å². The number of para-hydroxylation sites is 2. The number of aromatic nitrogens is 3. The summed E-state index contributed by atoms with van der Waals surface area (Å²) in [4.78, 5) is 9.30. The Morgan fingerprint density at radius 3 is 2.49 bits per heavy atom. The molecule has 5 nitrogen and oxygen atoms in total. The third-order valence-electron chi connectivity index (χ3n) is 6.95. The zero-order valence-corrected chi connectivity index (χ0v) is 22.5. The van der Waals surface area contributed by atoms with Crippen LogP contribution in [-0.4, -0.2) is 18.9 Å². The predicted octanol–water partition coefficient (Wildman–Crippen LogP) is 7.35. The molecule has 0 bridgehead atoms. The average Bonchev–Trinajstić information content (AvgIpc) is 3.59. The maximum atomic E-state index is 15.4. The van der Waals surface area contributed by atoms with Gasteiger partial charge < -0.3 is 9.30 Å². The Morgan fingerprint density at radius 1 is 0.923 bits per heavy atom. The second-order valence-corrected chi connectivity index (χ2v) is 11.5. The van der Waals surface area contributed by atoms with Crippen LogP contribution >= 0.6 is 15.9 Å². The second-order valence-electron chi connectivity index (χ2n) is 9.80. The lowest BCUT2D eigenvalue weighted by Crippen LogP contribution is -2.14. The van der Waals surface area contributed by atoms with Gasteiger partial charge in [0.1, 0.15) is 24.1 Å². The van der Waals surface area contributed by atoms with E-state index in [1.807, 2.05) is 30.3 Å². The van der Waals surface area contributed by atoms with Crippen LogP contribution in [0.25, 0.3) is 22.3 Å². The molecule has 2 aromatic heterocycles. The summed E-state index contributed by atoms with van der Waals surface area (Å²) in [5.41, 5.74) is 4.22. The number of rotatable bonds is 8. The van der Waals surface area contributed by atoms with Crippen molar-refractivity contribution in [2.45, 2.75) is 36.7 Å². The number of hydrogen-bond donors (Lipinski definition) is 0. The number of nitriles is 1. The monoisotopic (exact) mass is 584 g/mol. The highest BCUT2D eigenvalue weighted by molar-refractivity contribution is 9.10. The van der Waals surface area contributed by atoms with Crippen LogP contribution in [0.4, 0.5) is 8.78 Å². The molecule has 194 valence electrons. The summed E-state index contributed by atoms with van der Waals surface area (Å²) in [6.45, 7) is 0.754. The zero-order chi connectivity index (χ0) is 27.0. The van der Waals surface area contributed by atoms with Crippen molar-refractivity contribution in [2.24, 2.45) is 0 Å². The van der Waals surface area contributed by atoms with E-state index in [1.54, 1.807) is 24.3 Å². The summed E-state index contributed by atoms with van der Waals surface area (Å²) in [7, 11) is 0. The molecule has 1 aliphatic rings. The molecule has 5 aromatic rings. The van der Waals surface area contributed by atoms with Crippen LogP contribution in [0.3, 0.4) is 0 Å². The van der Waals surface area contributed by atoms with Gasteiger partial charge in [-0.3, -0.25) is 0 Å². The normalized spacial score (nSPS) is 13.8. The van der Waals surface area contributed by atoms with Crippen molar-refractivity contribution in [2.75, 3.05) is 0 Å². The highest BCUT2D eigenvalue weighted by Crippen LogP contribution is 2.46. The first-order valence-electron chi connectivity index (χ1n) is 12.6. The van der Waals surface area contributed by atoms with Crippen molar-refractivity contribution >= 4 is 27.0 Å².